The normalized spacial score (nSPS) is 12.9. The Bertz CT molecular complexity index is 836. The number of hydrogen-bond donors (Lipinski definition) is 0. The lowest BCUT2D eigenvalue weighted by molar-refractivity contribution is 0.502. The van der Waals surface area contributed by atoms with Crippen LogP contribution in [0.1, 0.15) is 29.3 Å². The summed E-state index contributed by atoms with van der Waals surface area (Å²) < 4.78 is 8.32. The average Bonchev–Trinajstić information content (AvgIpc) is 3.02. The maximum absolute atomic E-state index is 11.9. The Hall–Kier alpha value is -0.600. The van der Waals surface area contributed by atoms with Crippen LogP contribution in [0.4, 0.5) is 0 Å². The monoisotopic (exact) mass is 477 g/mol. The molecule has 1 atom stereocenters. The highest BCUT2D eigenvalue weighted by Crippen LogP contribution is 2.35. The van der Waals surface area contributed by atoms with Gasteiger partial charge in [-0.25, -0.2) is 4.79 Å². The Morgan fingerprint density at radius 2 is 2.19 bits per heavy atom. The van der Waals surface area contributed by atoms with Gasteiger partial charge in [0.25, 0.3) is 0 Å². The smallest absolute Gasteiger partial charge is 0.408 e. The lowest BCUT2D eigenvalue weighted by Gasteiger charge is -2.08. The van der Waals surface area contributed by atoms with Gasteiger partial charge in [-0.1, -0.05) is 28.9 Å². The molecule has 0 aliphatic carbocycles. The molecule has 2 heterocycles. The van der Waals surface area contributed by atoms with E-state index in [1.165, 1.54) is 8.45 Å². The zero-order valence-electron chi connectivity index (χ0n) is 11.3. The van der Waals surface area contributed by atoms with Gasteiger partial charge in [-0.2, -0.15) is 0 Å². The van der Waals surface area contributed by atoms with Crippen LogP contribution in [0.5, 0.6) is 0 Å². The number of aryl methyl sites for hydroxylation is 1. The molecule has 0 aliphatic heterocycles. The van der Waals surface area contributed by atoms with Crippen molar-refractivity contribution < 1.29 is 4.42 Å². The van der Waals surface area contributed by atoms with Gasteiger partial charge in [0.05, 0.1) is 13.2 Å². The Morgan fingerprint density at radius 1 is 1.38 bits per heavy atom. The van der Waals surface area contributed by atoms with Crippen molar-refractivity contribution in [1.82, 2.24) is 4.57 Å². The van der Waals surface area contributed by atoms with Crippen molar-refractivity contribution in [1.29, 1.82) is 0 Å². The summed E-state index contributed by atoms with van der Waals surface area (Å²) in [4.78, 5) is 12.0. The third-order valence-corrected chi connectivity index (χ3v) is 6.18. The van der Waals surface area contributed by atoms with E-state index in [-0.39, 0.29) is 10.6 Å². The maximum atomic E-state index is 11.9. The van der Waals surface area contributed by atoms with E-state index < -0.39 is 0 Å². The molecule has 0 radical (unpaired) electrons. The minimum absolute atomic E-state index is 0.112. The molecule has 0 aliphatic rings. The molecule has 110 valence electrons. The second kappa shape index (κ2) is 6.26. The largest absolute Gasteiger partial charge is 0.419 e. The van der Waals surface area contributed by atoms with Gasteiger partial charge in [0, 0.05) is 6.54 Å². The summed E-state index contributed by atoms with van der Waals surface area (Å²) in [6.07, 6.45) is 0.907. The van der Waals surface area contributed by atoms with Crippen LogP contribution < -0.4 is 5.76 Å². The highest BCUT2D eigenvalue weighted by Gasteiger charge is 2.15. The van der Waals surface area contributed by atoms with Crippen LogP contribution in [-0.4, -0.2) is 4.57 Å². The fraction of sp³-hybridized carbons (Fsp3) is 0.267. The van der Waals surface area contributed by atoms with Crippen LogP contribution in [0.3, 0.4) is 0 Å². The number of alkyl halides is 1. The zero-order chi connectivity index (χ0) is 15.0. The predicted octanol–water partition coefficient (Wildman–Crippen LogP) is 5.15. The second-order valence-corrected chi connectivity index (χ2v) is 8.51. The first kappa shape index (κ1) is 15.3. The number of halogens is 2. The molecule has 1 aromatic carbocycles. The first-order valence-electron chi connectivity index (χ1n) is 6.61. The van der Waals surface area contributed by atoms with E-state index in [9.17, 15) is 4.79 Å². The molecule has 3 aromatic rings. The van der Waals surface area contributed by atoms with Crippen molar-refractivity contribution in [2.24, 2.45) is 0 Å². The van der Waals surface area contributed by atoms with E-state index in [1.54, 1.807) is 15.9 Å². The summed E-state index contributed by atoms with van der Waals surface area (Å²) in [6.45, 7) is 2.73. The third-order valence-electron chi connectivity index (χ3n) is 3.31. The number of rotatable bonds is 4. The molecular weight excluding hydrogens is 465 g/mol. The van der Waals surface area contributed by atoms with Gasteiger partial charge in [-0.05, 0) is 63.7 Å². The quantitative estimate of drug-likeness (QED) is 0.384. The van der Waals surface area contributed by atoms with Crippen LogP contribution in [0.15, 0.2) is 38.9 Å². The lowest BCUT2D eigenvalue weighted by atomic mass is 10.1. The summed E-state index contributed by atoms with van der Waals surface area (Å²) in [6, 6.07) is 8.13. The van der Waals surface area contributed by atoms with Gasteiger partial charge >= 0.3 is 5.76 Å². The van der Waals surface area contributed by atoms with Crippen molar-refractivity contribution in [2.75, 3.05) is 0 Å². The molecule has 21 heavy (non-hydrogen) atoms. The number of aromatic nitrogens is 1. The molecule has 0 N–H and O–H groups in total. The van der Waals surface area contributed by atoms with Crippen LogP contribution >= 0.6 is 49.9 Å². The van der Waals surface area contributed by atoms with E-state index >= 15 is 0 Å². The molecule has 2 aromatic heterocycles. The van der Waals surface area contributed by atoms with Crippen LogP contribution in [0.25, 0.3) is 11.1 Å². The van der Waals surface area contributed by atoms with Crippen LogP contribution in [-0.2, 0) is 6.54 Å². The highest BCUT2D eigenvalue weighted by atomic mass is 127. The molecule has 0 spiro atoms. The van der Waals surface area contributed by atoms with E-state index in [0.717, 1.165) is 17.5 Å². The van der Waals surface area contributed by atoms with Gasteiger partial charge in [-0.15, -0.1) is 11.3 Å². The molecule has 6 heteroatoms. The van der Waals surface area contributed by atoms with Gasteiger partial charge in [0.2, 0.25) is 0 Å². The molecule has 0 fully saturated rings. The minimum Gasteiger partial charge on any atom is -0.408 e. The Morgan fingerprint density at radius 3 is 2.86 bits per heavy atom. The molecule has 0 saturated carbocycles. The standard InChI is InChI=1S/C15H13BrINO2S/c1-2-5-18-11-4-3-9(6-12(11)20-15(18)19)14(16)10-7-13(17)21-8-10/h3-4,6-8,14H,2,5H2,1H3. The van der Waals surface area contributed by atoms with E-state index in [1.807, 2.05) is 25.1 Å². The van der Waals surface area contributed by atoms with Gasteiger partial charge in [0.1, 0.15) is 0 Å². The number of nitrogens with zero attached hydrogens (tertiary/aromatic N) is 1. The molecular formula is C15H13BrINO2S. The van der Waals surface area contributed by atoms with Crippen LogP contribution in [0.2, 0.25) is 0 Å². The average molecular weight is 478 g/mol. The van der Waals surface area contributed by atoms with Crippen molar-refractivity contribution >= 4 is 61.0 Å². The molecule has 0 saturated heterocycles. The summed E-state index contributed by atoms with van der Waals surface area (Å²) in [5.41, 5.74) is 3.83. The molecule has 1 unspecified atom stereocenters. The Kier molecular flexibility index (Phi) is 4.56. The number of benzene rings is 1. The zero-order valence-corrected chi connectivity index (χ0v) is 15.9. The highest BCUT2D eigenvalue weighted by molar-refractivity contribution is 14.1. The molecule has 0 bridgehead atoms. The lowest BCUT2D eigenvalue weighted by Crippen LogP contribution is -2.13. The number of thiophene rings is 1. The maximum Gasteiger partial charge on any atom is 0.419 e. The first-order chi connectivity index (χ1) is 10.1. The summed E-state index contributed by atoms with van der Waals surface area (Å²) in [5.74, 6) is -0.278. The SMILES string of the molecule is CCCn1c(=O)oc2cc(C(Br)c3csc(I)c3)ccc21. The van der Waals surface area contributed by atoms with Gasteiger partial charge in [-0.3, -0.25) is 4.57 Å². The Balaban J connectivity index is 2.03. The van der Waals surface area contributed by atoms with Crippen LogP contribution in [0, 0.1) is 2.88 Å². The number of oxazole rings is 1. The first-order valence-corrected chi connectivity index (χ1v) is 9.49. The fourth-order valence-electron chi connectivity index (χ4n) is 2.32. The van der Waals surface area contributed by atoms with Gasteiger partial charge < -0.3 is 4.42 Å². The summed E-state index contributed by atoms with van der Waals surface area (Å²) in [5, 5.41) is 2.14. The van der Waals surface area contributed by atoms with Crippen molar-refractivity contribution in [3.05, 3.63) is 54.2 Å². The molecule has 3 nitrogen and oxygen atoms in total. The topological polar surface area (TPSA) is 35.1 Å². The van der Waals surface area contributed by atoms with E-state index in [4.69, 9.17) is 4.42 Å². The number of hydrogen-bond acceptors (Lipinski definition) is 3. The fourth-order valence-corrected chi connectivity index (χ4v) is 4.45. The predicted molar refractivity (Wildman–Crippen MR) is 98.6 cm³/mol. The number of fused-ring (bicyclic) bond motifs is 1. The van der Waals surface area contributed by atoms with Crippen molar-refractivity contribution in [3.8, 4) is 0 Å². The minimum atomic E-state index is -0.278. The van der Waals surface area contributed by atoms with Crippen molar-refractivity contribution in [2.45, 2.75) is 24.7 Å². The summed E-state index contributed by atoms with van der Waals surface area (Å²) >= 11 is 7.77. The van der Waals surface area contributed by atoms with E-state index in [0.29, 0.717) is 12.1 Å². The van der Waals surface area contributed by atoms with Gasteiger partial charge in [0.15, 0.2) is 5.58 Å². The second-order valence-electron chi connectivity index (χ2n) is 4.79. The molecule has 3 rings (SSSR count). The summed E-state index contributed by atoms with van der Waals surface area (Å²) in [7, 11) is 0. The van der Waals surface area contributed by atoms with E-state index in [2.05, 4.69) is 50.0 Å². The third kappa shape index (κ3) is 2.98. The van der Waals surface area contributed by atoms with Crippen molar-refractivity contribution in [3.63, 3.8) is 0 Å². The molecule has 0 amide bonds. The Labute approximate surface area is 148 Å².